The van der Waals surface area contributed by atoms with Gasteiger partial charge in [-0.3, -0.25) is 9.36 Å². The van der Waals surface area contributed by atoms with Gasteiger partial charge in [-0.05, 0) is 31.2 Å². The van der Waals surface area contributed by atoms with E-state index in [1.54, 1.807) is 6.07 Å². The lowest BCUT2D eigenvalue weighted by atomic mass is 10.0. The molecule has 0 bridgehead atoms. The molecule has 0 saturated carbocycles. The van der Waals surface area contributed by atoms with Crippen LogP contribution in [-0.4, -0.2) is 24.7 Å². The largest absolute Gasteiger partial charge is 0.507 e. The number of benzene rings is 1. The lowest BCUT2D eigenvalue weighted by Gasteiger charge is -2.18. The third-order valence-electron chi connectivity index (χ3n) is 4.14. The Hall–Kier alpha value is -3.24. The molecule has 2 aromatic heterocycles. The first-order chi connectivity index (χ1) is 12.3. The zero-order chi connectivity index (χ0) is 19.0. The number of phenols is 1. The van der Waals surface area contributed by atoms with E-state index in [9.17, 15) is 15.0 Å². The van der Waals surface area contributed by atoms with Gasteiger partial charge in [0.05, 0.1) is 28.9 Å². The van der Waals surface area contributed by atoms with Crippen LogP contribution >= 0.6 is 0 Å². The van der Waals surface area contributed by atoms with Gasteiger partial charge in [0.25, 0.3) is 5.56 Å². The van der Waals surface area contributed by atoms with E-state index in [4.69, 9.17) is 5.26 Å². The van der Waals surface area contributed by atoms with Crippen LogP contribution in [0.4, 0.5) is 0 Å². The average molecular weight is 350 g/mol. The van der Waals surface area contributed by atoms with Crippen LogP contribution in [0.2, 0.25) is 0 Å². The lowest BCUT2D eigenvalue weighted by Crippen LogP contribution is -2.25. The van der Waals surface area contributed by atoms with E-state index in [2.05, 4.69) is 9.97 Å². The molecule has 0 aliphatic heterocycles. The molecule has 0 radical (unpaired) electrons. The van der Waals surface area contributed by atoms with Crippen molar-refractivity contribution in [2.75, 3.05) is 0 Å². The Kier molecular flexibility index (Phi) is 4.45. The molecule has 1 unspecified atom stereocenters. The highest BCUT2D eigenvalue weighted by Gasteiger charge is 2.21. The minimum absolute atomic E-state index is 0.105. The maximum atomic E-state index is 13.2. The minimum Gasteiger partial charge on any atom is -0.507 e. The van der Waals surface area contributed by atoms with E-state index in [1.165, 1.54) is 35.9 Å². The van der Waals surface area contributed by atoms with Crippen LogP contribution in [0.1, 0.15) is 49.9 Å². The average Bonchev–Trinajstić information content (AvgIpc) is 2.61. The van der Waals surface area contributed by atoms with Crippen LogP contribution < -0.4 is 5.56 Å². The number of aromatic hydroxyl groups is 1. The molecule has 3 rings (SSSR count). The zero-order valence-corrected chi connectivity index (χ0v) is 14.6. The van der Waals surface area contributed by atoms with Gasteiger partial charge in [-0.2, -0.15) is 5.26 Å². The summed E-state index contributed by atoms with van der Waals surface area (Å²) in [5.74, 6) is 0.264. The van der Waals surface area contributed by atoms with E-state index in [0.717, 1.165) is 0 Å². The van der Waals surface area contributed by atoms with E-state index in [-0.39, 0.29) is 39.4 Å². The van der Waals surface area contributed by atoms with Crippen LogP contribution in [0.3, 0.4) is 0 Å². The molecule has 1 atom stereocenters. The monoisotopic (exact) mass is 350 g/mol. The molecule has 0 fully saturated rings. The van der Waals surface area contributed by atoms with Crippen LogP contribution in [0.25, 0.3) is 16.6 Å². The van der Waals surface area contributed by atoms with E-state index in [1.807, 2.05) is 19.9 Å². The second-order valence-corrected chi connectivity index (χ2v) is 6.35. The zero-order valence-electron chi connectivity index (χ0n) is 14.6. The smallest absolute Gasteiger partial charge is 0.266 e. The van der Waals surface area contributed by atoms with Gasteiger partial charge in [0.15, 0.2) is 0 Å². The standard InChI is InChI=1S/C19H18N4O3/c1-10(2)18-22-17-14(6-7-15(25)16(17)11(3)24)19(26)23(18)13-5-4-12(8-20)21-9-13/h4-7,9-11,24-25H,1-3H3. The molecule has 0 aliphatic carbocycles. The summed E-state index contributed by atoms with van der Waals surface area (Å²) in [6.07, 6.45) is 0.480. The van der Waals surface area contributed by atoms with Crippen molar-refractivity contribution in [3.63, 3.8) is 0 Å². The van der Waals surface area contributed by atoms with Crippen molar-refractivity contribution in [2.45, 2.75) is 32.8 Å². The number of rotatable bonds is 3. The molecule has 7 nitrogen and oxygen atoms in total. The fourth-order valence-corrected chi connectivity index (χ4v) is 2.91. The number of aromatic nitrogens is 3. The predicted octanol–water partition coefficient (Wildman–Crippen LogP) is 2.53. The minimum atomic E-state index is -0.974. The number of hydrogen-bond donors (Lipinski definition) is 2. The molecule has 2 N–H and O–H groups in total. The number of aliphatic hydroxyl groups excluding tert-OH is 1. The van der Waals surface area contributed by atoms with E-state index >= 15 is 0 Å². The highest BCUT2D eigenvalue weighted by Crippen LogP contribution is 2.31. The molecule has 3 aromatic rings. The van der Waals surface area contributed by atoms with Crippen LogP contribution in [0, 0.1) is 11.3 Å². The third kappa shape index (κ3) is 2.80. The van der Waals surface area contributed by atoms with Gasteiger partial charge >= 0.3 is 0 Å². The van der Waals surface area contributed by atoms with Crippen LogP contribution in [0.5, 0.6) is 5.75 Å². The molecule has 26 heavy (non-hydrogen) atoms. The maximum Gasteiger partial charge on any atom is 0.266 e. The van der Waals surface area contributed by atoms with E-state index < -0.39 is 6.10 Å². The van der Waals surface area contributed by atoms with Crippen molar-refractivity contribution in [3.8, 4) is 17.5 Å². The Morgan fingerprint density at radius 2 is 1.92 bits per heavy atom. The summed E-state index contributed by atoms with van der Waals surface area (Å²) in [5, 5.41) is 29.3. The van der Waals surface area contributed by atoms with Gasteiger partial charge in [0.1, 0.15) is 23.3 Å². The molecule has 2 heterocycles. The number of nitrogens with zero attached hydrogens (tertiary/aromatic N) is 4. The Balaban J connectivity index is 2.42. The molecule has 0 saturated heterocycles. The molecule has 132 valence electrons. The normalized spacial score (nSPS) is 12.3. The first-order valence-electron chi connectivity index (χ1n) is 8.18. The van der Waals surface area contributed by atoms with Crippen molar-refractivity contribution in [3.05, 3.63) is 57.9 Å². The molecular formula is C19H18N4O3. The molecule has 0 amide bonds. The fraction of sp³-hybridized carbons (Fsp3) is 0.263. The van der Waals surface area contributed by atoms with Crippen molar-refractivity contribution in [1.82, 2.24) is 14.5 Å². The quantitative estimate of drug-likeness (QED) is 0.751. The Bertz CT molecular complexity index is 1080. The van der Waals surface area contributed by atoms with Crippen molar-refractivity contribution < 1.29 is 10.2 Å². The van der Waals surface area contributed by atoms with Gasteiger partial charge in [0, 0.05) is 11.5 Å². The molecular weight excluding hydrogens is 332 g/mol. The van der Waals surface area contributed by atoms with Gasteiger partial charge in [-0.25, -0.2) is 9.97 Å². The number of nitriles is 1. The number of fused-ring (bicyclic) bond motifs is 1. The van der Waals surface area contributed by atoms with Crippen molar-refractivity contribution in [2.24, 2.45) is 0 Å². The Morgan fingerprint density at radius 3 is 2.46 bits per heavy atom. The van der Waals surface area contributed by atoms with E-state index in [0.29, 0.717) is 11.5 Å². The first kappa shape index (κ1) is 17.6. The molecule has 0 spiro atoms. The highest BCUT2D eigenvalue weighted by atomic mass is 16.3. The number of phenolic OH excluding ortho intramolecular Hbond substituents is 1. The number of hydrogen-bond acceptors (Lipinski definition) is 6. The highest BCUT2D eigenvalue weighted by molar-refractivity contribution is 5.84. The van der Waals surface area contributed by atoms with Gasteiger partial charge in [0.2, 0.25) is 0 Å². The van der Waals surface area contributed by atoms with Crippen LogP contribution in [0.15, 0.2) is 35.3 Å². The van der Waals surface area contributed by atoms with Gasteiger partial charge in [-0.15, -0.1) is 0 Å². The summed E-state index contributed by atoms with van der Waals surface area (Å²) in [7, 11) is 0. The van der Waals surface area contributed by atoms with Gasteiger partial charge < -0.3 is 10.2 Å². The molecule has 7 heteroatoms. The predicted molar refractivity (Wildman–Crippen MR) is 96.2 cm³/mol. The Morgan fingerprint density at radius 1 is 1.19 bits per heavy atom. The third-order valence-corrected chi connectivity index (χ3v) is 4.14. The summed E-state index contributed by atoms with van der Waals surface area (Å²) >= 11 is 0. The number of pyridine rings is 1. The second kappa shape index (κ2) is 6.58. The summed E-state index contributed by atoms with van der Waals surface area (Å²) in [6, 6.07) is 7.99. The topological polar surface area (TPSA) is 112 Å². The van der Waals surface area contributed by atoms with Crippen LogP contribution in [-0.2, 0) is 0 Å². The summed E-state index contributed by atoms with van der Waals surface area (Å²) < 4.78 is 1.45. The van der Waals surface area contributed by atoms with Crippen molar-refractivity contribution >= 4 is 10.9 Å². The summed E-state index contributed by atoms with van der Waals surface area (Å²) in [4.78, 5) is 21.8. The Labute approximate surface area is 149 Å². The number of aliphatic hydroxyl groups is 1. The van der Waals surface area contributed by atoms with Gasteiger partial charge in [-0.1, -0.05) is 13.8 Å². The summed E-state index contributed by atoms with van der Waals surface area (Å²) in [5.41, 5.74) is 0.937. The van der Waals surface area contributed by atoms with Crippen molar-refractivity contribution in [1.29, 1.82) is 5.26 Å². The first-order valence-corrected chi connectivity index (χ1v) is 8.18. The molecule has 1 aromatic carbocycles. The summed E-state index contributed by atoms with van der Waals surface area (Å²) in [6.45, 7) is 5.30. The maximum absolute atomic E-state index is 13.2. The SMILES string of the molecule is CC(C)c1nc2c(C(C)O)c(O)ccc2c(=O)n1-c1ccc(C#N)nc1. The lowest BCUT2D eigenvalue weighted by molar-refractivity contribution is 0.196. The fourth-order valence-electron chi connectivity index (χ4n) is 2.91. The molecule has 0 aliphatic rings. The second-order valence-electron chi connectivity index (χ2n) is 6.35.